The van der Waals surface area contributed by atoms with Gasteiger partial charge in [-0.05, 0) is 18.8 Å². The Labute approximate surface area is 107 Å². The summed E-state index contributed by atoms with van der Waals surface area (Å²) in [4.78, 5) is 21.9. The fourth-order valence-corrected chi connectivity index (χ4v) is 2.40. The maximum absolute atomic E-state index is 12.2. The number of hydrogen-bond acceptors (Lipinski definition) is 5. The molecule has 0 unspecified atom stereocenters. The topological polar surface area (TPSA) is 84.1 Å². The van der Waals surface area contributed by atoms with Crippen LogP contribution in [0, 0.1) is 5.92 Å². The normalized spacial score (nSPS) is 15.7. The highest BCUT2D eigenvalue weighted by Gasteiger charge is 2.21. The molecule has 1 fully saturated rings. The van der Waals surface area contributed by atoms with Gasteiger partial charge in [0.05, 0.1) is 12.4 Å². The number of rotatable bonds is 4. The summed E-state index contributed by atoms with van der Waals surface area (Å²) < 4.78 is 0. The van der Waals surface area contributed by atoms with Crippen molar-refractivity contribution in [3.05, 3.63) is 18.1 Å². The van der Waals surface area contributed by atoms with E-state index in [1.165, 1.54) is 38.1 Å². The minimum absolute atomic E-state index is 0.105. The van der Waals surface area contributed by atoms with Crippen LogP contribution in [0.1, 0.15) is 36.2 Å². The zero-order valence-electron chi connectivity index (χ0n) is 10.6. The fraction of sp³-hybridized carbons (Fsp3) is 0.583. The van der Waals surface area contributed by atoms with Crippen molar-refractivity contribution in [1.82, 2.24) is 14.9 Å². The van der Waals surface area contributed by atoms with Crippen molar-refractivity contribution in [2.24, 2.45) is 11.8 Å². The molecule has 0 spiro atoms. The van der Waals surface area contributed by atoms with Crippen molar-refractivity contribution in [1.29, 1.82) is 0 Å². The molecule has 98 valence electrons. The van der Waals surface area contributed by atoms with Crippen molar-refractivity contribution < 1.29 is 4.79 Å². The maximum atomic E-state index is 12.2. The Morgan fingerprint density at radius 1 is 1.50 bits per heavy atom. The highest BCUT2D eigenvalue weighted by atomic mass is 16.2. The fourth-order valence-electron chi connectivity index (χ4n) is 2.40. The molecule has 0 bridgehead atoms. The molecule has 0 aliphatic heterocycles. The molecule has 1 amide bonds. The summed E-state index contributed by atoms with van der Waals surface area (Å²) in [6, 6.07) is 0. The van der Waals surface area contributed by atoms with Gasteiger partial charge < -0.3 is 10.3 Å². The van der Waals surface area contributed by atoms with Gasteiger partial charge in [0.1, 0.15) is 5.69 Å². The molecule has 0 aromatic carbocycles. The third-order valence-electron chi connectivity index (χ3n) is 3.36. The lowest BCUT2D eigenvalue weighted by molar-refractivity contribution is 0.0767. The number of hydrogen-bond donors (Lipinski definition) is 2. The van der Waals surface area contributed by atoms with Crippen LogP contribution in [-0.2, 0) is 0 Å². The zero-order valence-corrected chi connectivity index (χ0v) is 10.6. The Morgan fingerprint density at radius 2 is 2.22 bits per heavy atom. The van der Waals surface area contributed by atoms with Crippen molar-refractivity contribution >= 4 is 11.7 Å². The number of nitrogens with zero attached hydrogens (tertiary/aromatic N) is 3. The quantitative estimate of drug-likeness (QED) is 0.615. The van der Waals surface area contributed by atoms with Crippen LogP contribution < -0.4 is 11.3 Å². The van der Waals surface area contributed by atoms with Gasteiger partial charge in [0.2, 0.25) is 0 Å². The van der Waals surface area contributed by atoms with Gasteiger partial charge in [-0.15, -0.1) is 0 Å². The summed E-state index contributed by atoms with van der Waals surface area (Å²) in [5.74, 6) is 6.17. The summed E-state index contributed by atoms with van der Waals surface area (Å²) in [7, 11) is 1.81. The predicted molar refractivity (Wildman–Crippen MR) is 68.8 cm³/mol. The molecule has 1 aromatic heterocycles. The number of nitrogens with one attached hydrogen (secondary N) is 1. The van der Waals surface area contributed by atoms with Gasteiger partial charge in [-0.1, -0.05) is 12.8 Å². The van der Waals surface area contributed by atoms with E-state index in [4.69, 9.17) is 5.84 Å². The summed E-state index contributed by atoms with van der Waals surface area (Å²) in [6.07, 6.45) is 7.93. The van der Waals surface area contributed by atoms with Crippen molar-refractivity contribution in [2.75, 3.05) is 19.0 Å². The Kier molecular flexibility index (Phi) is 4.09. The summed E-state index contributed by atoms with van der Waals surface area (Å²) >= 11 is 0. The van der Waals surface area contributed by atoms with E-state index in [-0.39, 0.29) is 5.91 Å². The minimum Gasteiger partial charge on any atom is -0.340 e. The molecule has 0 atom stereocenters. The SMILES string of the molecule is CN(CC1CCCC1)C(=O)c1cncc(NN)n1. The van der Waals surface area contributed by atoms with Crippen LogP contribution in [0.5, 0.6) is 0 Å². The zero-order chi connectivity index (χ0) is 13.0. The van der Waals surface area contributed by atoms with Crippen LogP contribution in [0.3, 0.4) is 0 Å². The van der Waals surface area contributed by atoms with Gasteiger partial charge in [-0.3, -0.25) is 9.78 Å². The number of nitrogen functional groups attached to an aromatic ring is 1. The molecular weight excluding hydrogens is 230 g/mol. The van der Waals surface area contributed by atoms with Crippen molar-refractivity contribution in [3.63, 3.8) is 0 Å². The van der Waals surface area contributed by atoms with Gasteiger partial charge in [-0.2, -0.15) is 0 Å². The molecule has 1 aromatic rings. The maximum Gasteiger partial charge on any atom is 0.273 e. The predicted octanol–water partition coefficient (Wildman–Crippen LogP) is 1.02. The Bertz CT molecular complexity index is 417. The van der Waals surface area contributed by atoms with Gasteiger partial charge in [-0.25, -0.2) is 10.8 Å². The number of nitrogens with two attached hydrogens (primary N) is 1. The van der Waals surface area contributed by atoms with Crippen molar-refractivity contribution in [3.8, 4) is 0 Å². The van der Waals surface area contributed by atoms with Crippen molar-refractivity contribution in [2.45, 2.75) is 25.7 Å². The molecule has 6 nitrogen and oxygen atoms in total. The Balaban J connectivity index is 2.00. The summed E-state index contributed by atoms with van der Waals surface area (Å²) in [6.45, 7) is 0.792. The Morgan fingerprint density at radius 3 is 2.89 bits per heavy atom. The number of carbonyl (C=O) groups excluding carboxylic acids is 1. The van der Waals surface area contributed by atoms with E-state index in [0.717, 1.165) is 6.54 Å². The van der Waals surface area contributed by atoms with E-state index in [0.29, 0.717) is 17.4 Å². The second kappa shape index (κ2) is 5.77. The molecule has 2 rings (SSSR count). The number of hydrazine groups is 1. The number of amides is 1. The smallest absolute Gasteiger partial charge is 0.273 e. The van der Waals surface area contributed by atoms with E-state index >= 15 is 0 Å². The van der Waals surface area contributed by atoms with Gasteiger partial charge in [0.25, 0.3) is 5.91 Å². The highest BCUT2D eigenvalue weighted by molar-refractivity contribution is 5.92. The third kappa shape index (κ3) is 2.95. The molecule has 6 heteroatoms. The first-order valence-electron chi connectivity index (χ1n) is 6.25. The molecular formula is C12H19N5O. The molecule has 3 N–H and O–H groups in total. The van der Waals surface area contributed by atoms with Crippen LogP contribution in [0.4, 0.5) is 5.82 Å². The summed E-state index contributed by atoms with van der Waals surface area (Å²) in [5, 5.41) is 0. The monoisotopic (exact) mass is 249 g/mol. The molecule has 0 saturated heterocycles. The van der Waals surface area contributed by atoms with Gasteiger partial charge in [0.15, 0.2) is 5.82 Å². The second-order valence-corrected chi connectivity index (χ2v) is 4.77. The molecule has 1 aliphatic carbocycles. The number of carbonyl (C=O) groups is 1. The first-order chi connectivity index (χ1) is 8.70. The van der Waals surface area contributed by atoms with E-state index < -0.39 is 0 Å². The van der Waals surface area contributed by atoms with Crippen LogP contribution in [0.2, 0.25) is 0 Å². The first kappa shape index (κ1) is 12.8. The van der Waals surface area contributed by atoms with Crippen LogP contribution in [-0.4, -0.2) is 34.4 Å². The average molecular weight is 249 g/mol. The molecule has 1 heterocycles. The van der Waals surface area contributed by atoms with E-state index in [2.05, 4.69) is 15.4 Å². The lowest BCUT2D eigenvalue weighted by atomic mass is 10.1. The summed E-state index contributed by atoms with van der Waals surface area (Å²) in [5.41, 5.74) is 2.71. The van der Waals surface area contributed by atoms with Crippen LogP contribution in [0.15, 0.2) is 12.4 Å². The van der Waals surface area contributed by atoms with E-state index in [1.807, 2.05) is 7.05 Å². The van der Waals surface area contributed by atoms with E-state index in [1.54, 1.807) is 4.90 Å². The molecule has 0 radical (unpaired) electrons. The largest absolute Gasteiger partial charge is 0.340 e. The number of anilines is 1. The Hall–Kier alpha value is -1.69. The average Bonchev–Trinajstić information content (AvgIpc) is 2.90. The lowest BCUT2D eigenvalue weighted by Gasteiger charge is -2.20. The van der Waals surface area contributed by atoms with Gasteiger partial charge >= 0.3 is 0 Å². The first-order valence-corrected chi connectivity index (χ1v) is 6.25. The van der Waals surface area contributed by atoms with Crippen LogP contribution in [0.25, 0.3) is 0 Å². The molecule has 1 saturated carbocycles. The highest BCUT2D eigenvalue weighted by Crippen LogP contribution is 2.25. The van der Waals surface area contributed by atoms with Crippen LogP contribution >= 0.6 is 0 Å². The van der Waals surface area contributed by atoms with Gasteiger partial charge in [0, 0.05) is 13.6 Å². The number of aromatic nitrogens is 2. The molecule has 18 heavy (non-hydrogen) atoms. The standard InChI is InChI=1S/C12H19N5O/c1-17(8-9-4-2-3-5-9)12(18)10-6-14-7-11(15-10)16-13/h6-7,9H,2-5,8,13H2,1H3,(H,15,16). The lowest BCUT2D eigenvalue weighted by Crippen LogP contribution is -2.32. The third-order valence-corrected chi connectivity index (χ3v) is 3.36. The molecule has 1 aliphatic rings. The van der Waals surface area contributed by atoms with E-state index in [9.17, 15) is 4.79 Å². The minimum atomic E-state index is -0.105. The second-order valence-electron chi connectivity index (χ2n) is 4.77.